The Bertz CT molecular complexity index is 1060. The summed E-state index contributed by atoms with van der Waals surface area (Å²) >= 11 is 4.99. The van der Waals surface area contributed by atoms with E-state index in [2.05, 4.69) is 21.2 Å². The minimum absolute atomic E-state index is 0.131. The number of nitrogens with one attached hydrogen (secondary N) is 1. The van der Waals surface area contributed by atoms with Crippen molar-refractivity contribution in [3.63, 3.8) is 0 Å². The monoisotopic (exact) mass is 508 g/mol. The van der Waals surface area contributed by atoms with E-state index in [0.29, 0.717) is 18.0 Å². The lowest BCUT2D eigenvalue weighted by molar-refractivity contribution is -0.119. The molecule has 2 aromatic carbocycles. The third kappa shape index (κ3) is 6.13. The van der Waals surface area contributed by atoms with Crippen molar-refractivity contribution in [2.24, 2.45) is 0 Å². The Labute approximate surface area is 188 Å². The van der Waals surface area contributed by atoms with E-state index in [4.69, 9.17) is 4.42 Å². The van der Waals surface area contributed by atoms with Gasteiger partial charge in [0.25, 0.3) is 10.0 Å². The Kier molecular flexibility index (Phi) is 8.01. The van der Waals surface area contributed by atoms with Crippen LogP contribution in [-0.4, -0.2) is 33.2 Å². The third-order valence-corrected chi connectivity index (χ3v) is 7.37. The van der Waals surface area contributed by atoms with Crippen molar-refractivity contribution in [2.75, 3.05) is 23.1 Å². The van der Waals surface area contributed by atoms with Gasteiger partial charge < -0.3 is 9.73 Å². The topological polar surface area (TPSA) is 79.6 Å². The first-order chi connectivity index (χ1) is 14.5. The van der Waals surface area contributed by atoms with Crippen molar-refractivity contribution in [1.82, 2.24) is 5.32 Å². The van der Waals surface area contributed by atoms with Gasteiger partial charge in [0.15, 0.2) is 0 Å². The molecule has 0 fully saturated rings. The fraction of sp³-hybridized carbons (Fsp3) is 0.190. The highest BCUT2D eigenvalue weighted by atomic mass is 79.9. The maximum atomic E-state index is 13.2. The van der Waals surface area contributed by atoms with Crippen LogP contribution in [0.2, 0.25) is 0 Å². The molecule has 9 heteroatoms. The molecule has 30 heavy (non-hydrogen) atoms. The number of benzene rings is 2. The summed E-state index contributed by atoms with van der Waals surface area (Å²) < 4.78 is 33.5. The lowest BCUT2D eigenvalue weighted by Crippen LogP contribution is -2.41. The fourth-order valence-electron chi connectivity index (χ4n) is 2.68. The molecule has 0 radical (unpaired) electrons. The second-order valence-electron chi connectivity index (χ2n) is 6.29. The summed E-state index contributed by atoms with van der Waals surface area (Å²) in [6.45, 7) is 0.123. The van der Waals surface area contributed by atoms with E-state index in [9.17, 15) is 13.2 Å². The molecule has 0 aliphatic carbocycles. The van der Waals surface area contributed by atoms with Gasteiger partial charge in [-0.2, -0.15) is 11.8 Å². The number of hydrogen-bond acceptors (Lipinski definition) is 5. The second-order valence-corrected chi connectivity index (χ2v) is 10.2. The summed E-state index contributed by atoms with van der Waals surface area (Å²) in [6, 6.07) is 18.7. The fourth-order valence-corrected chi connectivity index (χ4v) is 5.26. The van der Waals surface area contributed by atoms with Crippen LogP contribution in [0.1, 0.15) is 5.76 Å². The van der Waals surface area contributed by atoms with Gasteiger partial charge in [-0.15, -0.1) is 0 Å². The maximum Gasteiger partial charge on any atom is 0.264 e. The minimum atomic E-state index is -3.90. The first kappa shape index (κ1) is 22.5. The highest BCUT2D eigenvalue weighted by Gasteiger charge is 2.27. The van der Waals surface area contributed by atoms with Crippen molar-refractivity contribution in [3.8, 4) is 0 Å². The molecule has 0 atom stereocenters. The van der Waals surface area contributed by atoms with Crippen LogP contribution in [0, 0.1) is 0 Å². The summed E-state index contributed by atoms with van der Waals surface area (Å²) in [6.07, 6.45) is 1.63. The quantitative estimate of drug-likeness (QED) is 0.413. The first-order valence-corrected chi connectivity index (χ1v) is 12.6. The number of sulfonamides is 1. The number of thioether (sulfide) groups is 1. The number of rotatable bonds is 10. The van der Waals surface area contributed by atoms with Crippen LogP contribution < -0.4 is 9.62 Å². The molecular weight excluding hydrogens is 488 g/mol. The largest absolute Gasteiger partial charge is 0.468 e. The Morgan fingerprint density at radius 3 is 2.57 bits per heavy atom. The number of carbonyl (C=O) groups excluding carboxylic acids is 1. The second kappa shape index (κ2) is 10.7. The van der Waals surface area contributed by atoms with Crippen molar-refractivity contribution in [3.05, 3.63) is 83.2 Å². The van der Waals surface area contributed by atoms with Crippen LogP contribution >= 0.6 is 27.7 Å². The molecule has 1 aromatic heterocycles. The summed E-state index contributed by atoms with van der Waals surface area (Å²) in [4.78, 5) is 12.7. The van der Waals surface area contributed by atoms with Gasteiger partial charge in [-0.1, -0.05) is 40.2 Å². The molecule has 0 spiro atoms. The molecular formula is C21H21BrN2O4S2. The van der Waals surface area contributed by atoms with Gasteiger partial charge in [0.1, 0.15) is 12.3 Å². The van der Waals surface area contributed by atoms with Gasteiger partial charge in [0.05, 0.1) is 22.6 Å². The highest BCUT2D eigenvalue weighted by molar-refractivity contribution is 9.10. The van der Waals surface area contributed by atoms with Crippen LogP contribution in [-0.2, 0) is 20.6 Å². The zero-order chi connectivity index (χ0) is 21.4. The van der Waals surface area contributed by atoms with Crippen molar-refractivity contribution >= 4 is 49.3 Å². The van der Waals surface area contributed by atoms with Crippen LogP contribution in [0.25, 0.3) is 0 Å². The van der Waals surface area contributed by atoms with Crippen molar-refractivity contribution in [1.29, 1.82) is 0 Å². The number of anilines is 1. The number of nitrogens with zero attached hydrogens (tertiary/aromatic N) is 1. The summed E-state index contributed by atoms with van der Waals surface area (Å²) in [5.74, 6) is 1.92. The lowest BCUT2D eigenvalue weighted by Gasteiger charge is -2.24. The zero-order valence-corrected chi connectivity index (χ0v) is 19.3. The van der Waals surface area contributed by atoms with Crippen LogP contribution in [0.3, 0.4) is 0 Å². The molecule has 3 aromatic rings. The van der Waals surface area contributed by atoms with Gasteiger partial charge in [-0.05, 0) is 42.5 Å². The number of hydrogen-bond donors (Lipinski definition) is 1. The molecule has 1 amide bonds. The van der Waals surface area contributed by atoms with E-state index in [-0.39, 0.29) is 17.3 Å². The van der Waals surface area contributed by atoms with E-state index in [1.165, 1.54) is 12.1 Å². The molecule has 3 rings (SSSR count). The SMILES string of the molecule is O=C(CN(c1cccc(Br)c1)S(=O)(=O)c1ccccc1)NCCSCc1ccco1. The lowest BCUT2D eigenvalue weighted by atomic mass is 10.3. The molecule has 1 N–H and O–H groups in total. The number of halogens is 1. The molecule has 0 saturated carbocycles. The number of furan rings is 1. The average molecular weight is 509 g/mol. The molecule has 0 aliphatic heterocycles. The molecule has 0 unspecified atom stereocenters. The summed E-state index contributed by atoms with van der Waals surface area (Å²) in [5.41, 5.74) is 0.413. The highest BCUT2D eigenvalue weighted by Crippen LogP contribution is 2.26. The molecule has 0 aliphatic rings. The Hall–Kier alpha value is -2.23. The van der Waals surface area contributed by atoms with E-state index >= 15 is 0 Å². The Balaban J connectivity index is 1.66. The molecule has 1 heterocycles. The number of carbonyl (C=O) groups is 1. The predicted molar refractivity (Wildman–Crippen MR) is 123 cm³/mol. The van der Waals surface area contributed by atoms with E-state index in [1.807, 2.05) is 12.1 Å². The van der Waals surface area contributed by atoms with Gasteiger partial charge in [0.2, 0.25) is 5.91 Å². The molecule has 6 nitrogen and oxygen atoms in total. The average Bonchev–Trinajstić information content (AvgIpc) is 3.26. The molecule has 158 valence electrons. The summed E-state index contributed by atoms with van der Waals surface area (Å²) in [7, 11) is -3.90. The Morgan fingerprint density at radius 2 is 1.87 bits per heavy atom. The van der Waals surface area contributed by atoms with E-state index < -0.39 is 10.0 Å². The van der Waals surface area contributed by atoms with Gasteiger partial charge in [0, 0.05) is 16.8 Å². The van der Waals surface area contributed by atoms with E-state index in [0.717, 1.165) is 20.3 Å². The smallest absolute Gasteiger partial charge is 0.264 e. The first-order valence-electron chi connectivity index (χ1n) is 9.17. The molecule has 0 saturated heterocycles. The maximum absolute atomic E-state index is 13.2. The van der Waals surface area contributed by atoms with E-state index in [1.54, 1.807) is 60.5 Å². The van der Waals surface area contributed by atoms with Crippen LogP contribution in [0.15, 0.2) is 86.8 Å². The standard InChI is InChI=1S/C21H21BrN2O4S2/c22-17-6-4-7-18(14-17)24(30(26,27)20-9-2-1-3-10-20)15-21(25)23-11-13-29-16-19-8-5-12-28-19/h1-10,12,14H,11,13,15-16H2,(H,23,25). The van der Waals surface area contributed by atoms with Gasteiger partial charge >= 0.3 is 0 Å². The summed E-state index contributed by atoms with van der Waals surface area (Å²) in [5, 5.41) is 2.79. The van der Waals surface area contributed by atoms with Gasteiger partial charge in [-0.3, -0.25) is 9.10 Å². The van der Waals surface area contributed by atoms with Gasteiger partial charge in [-0.25, -0.2) is 8.42 Å². The third-order valence-electron chi connectivity index (χ3n) is 4.11. The Morgan fingerprint density at radius 1 is 1.07 bits per heavy atom. The van der Waals surface area contributed by atoms with Crippen LogP contribution in [0.5, 0.6) is 0 Å². The predicted octanol–water partition coefficient (Wildman–Crippen LogP) is 4.29. The number of amides is 1. The zero-order valence-electron chi connectivity index (χ0n) is 16.0. The minimum Gasteiger partial charge on any atom is -0.468 e. The van der Waals surface area contributed by atoms with Crippen LogP contribution in [0.4, 0.5) is 5.69 Å². The van der Waals surface area contributed by atoms with Crippen molar-refractivity contribution in [2.45, 2.75) is 10.6 Å². The normalized spacial score (nSPS) is 11.2. The van der Waals surface area contributed by atoms with Crippen molar-refractivity contribution < 1.29 is 17.6 Å². The molecule has 0 bridgehead atoms.